The topological polar surface area (TPSA) is 86.5 Å². The zero-order valence-corrected chi connectivity index (χ0v) is 15.2. The van der Waals surface area contributed by atoms with Gasteiger partial charge in [-0.25, -0.2) is 0 Å². The fourth-order valence-electron chi connectivity index (χ4n) is 1.50. The molecule has 116 valence electrons. The Balaban J connectivity index is 2.46. The summed E-state index contributed by atoms with van der Waals surface area (Å²) in [5, 5.41) is 10.6. The van der Waals surface area contributed by atoms with E-state index in [4.69, 9.17) is 15.8 Å². The van der Waals surface area contributed by atoms with Crippen LogP contribution in [0.4, 0.5) is 5.69 Å². The number of hydrogen-bond donors (Lipinski definition) is 0. The van der Waals surface area contributed by atoms with Crippen LogP contribution in [0.15, 0.2) is 50.2 Å². The maximum atomic E-state index is 12.3. The van der Waals surface area contributed by atoms with Crippen molar-refractivity contribution >= 4 is 59.3 Å². The van der Waals surface area contributed by atoms with Gasteiger partial charge in [0.05, 0.1) is 14.4 Å². The Morgan fingerprint density at radius 3 is 2.41 bits per heavy atom. The van der Waals surface area contributed by atoms with E-state index < -0.39 is 25.6 Å². The Morgan fingerprint density at radius 2 is 1.82 bits per heavy atom. The Kier molecular flexibility index (Phi) is 5.10. The molecular formula is C12H6Br2ClNO5S. The molecule has 0 saturated heterocycles. The lowest BCUT2D eigenvalue weighted by atomic mass is 10.3. The molecule has 0 bridgehead atoms. The molecule has 2 rings (SSSR count). The summed E-state index contributed by atoms with van der Waals surface area (Å²) in [6.45, 7) is 0. The zero-order chi connectivity index (χ0) is 16.5. The molecule has 0 aliphatic rings. The van der Waals surface area contributed by atoms with E-state index in [-0.39, 0.29) is 10.8 Å². The molecule has 2 aromatic rings. The van der Waals surface area contributed by atoms with E-state index in [0.29, 0.717) is 4.47 Å². The van der Waals surface area contributed by atoms with Gasteiger partial charge in [0.2, 0.25) is 0 Å². The summed E-state index contributed by atoms with van der Waals surface area (Å²) < 4.78 is 30.6. The maximum absolute atomic E-state index is 12.3. The Bertz CT molecular complexity index is 857. The second kappa shape index (κ2) is 6.53. The third kappa shape index (κ3) is 3.78. The molecular weight excluding hydrogens is 465 g/mol. The van der Waals surface area contributed by atoms with Crippen LogP contribution in [-0.4, -0.2) is 13.3 Å². The van der Waals surface area contributed by atoms with Crippen molar-refractivity contribution in [2.75, 3.05) is 0 Å². The fourth-order valence-corrected chi connectivity index (χ4v) is 4.18. The first kappa shape index (κ1) is 17.2. The van der Waals surface area contributed by atoms with Gasteiger partial charge in [-0.15, -0.1) is 0 Å². The summed E-state index contributed by atoms with van der Waals surface area (Å²) >= 11 is 12.2. The third-order valence-corrected chi connectivity index (χ3v) is 5.32. The van der Waals surface area contributed by atoms with Gasteiger partial charge in [-0.2, -0.15) is 8.42 Å². The van der Waals surface area contributed by atoms with Crippen LogP contribution in [0.1, 0.15) is 0 Å². The van der Waals surface area contributed by atoms with Gasteiger partial charge in [-0.1, -0.05) is 27.5 Å². The van der Waals surface area contributed by atoms with Gasteiger partial charge < -0.3 is 4.18 Å². The standard InChI is InChI=1S/C12H6Br2ClNO5S/c13-7-1-4-11(9(14)5-7)21-22(19,20)12-6-8(16(17)18)2-3-10(12)15/h1-6H. The quantitative estimate of drug-likeness (QED) is 0.371. The summed E-state index contributed by atoms with van der Waals surface area (Å²) in [5.74, 6) is 0.0331. The molecule has 10 heteroatoms. The highest BCUT2D eigenvalue weighted by Crippen LogP contribution is 2.33. The number of nitrogens with zero attached hydrogens (tertiary/aromatic N) is 1. The minimum absolute atomic E-state index is 0.0331. The minimum atomic E-state index is -4.32. The molecule has 0 aromatic heterocycles. The van der Waals surface area contributed by atoms with Gasteiger partial charge >= 0.3 is 10.1 Å². The van der Waals surface area contributed by atoms with Crippen LogP contribution in [0.5, 0.6) is 5.75 Å². The maximum Gasteiger partial charge on any atom is 0.341 e. The number of non-ortho nitro benzene ring substituents is 1. The third-order valence-electron chi connectivity index (χ3n) is 2.49. The van der Waals surface area contributed by atoms with Crippen LogP contribution >= 0.6 is 43.5 Å². The van der Waals surface area contributed by atoms with Crippen molar-refractivity contribution in [2.24, 2.45) is 0 Å². The molecule has 0 aliphatic carbocycles. The zero-order valence-electron chi connectivity index (χ0n) is 10.5. The van der Waals surface area contributed by atoms with Crippen molar-refractivity contribution in [3.8, 4) is 5.75 Å². The van der Waals surface area contributed by atoms with E-state index in [0.717, 1.165) is 22.7 Å². The van der Waals surface area contributed by atoms with Crippen LogP contribution in [-0.2, 0) is 10.1 Å². The van der Waals surface area contributed by atoms with Gasteiger partial charge in [0.15, 0.2) is 5.75 Å². The molecule has 0 spiro atoms. The predicted molar refractivity (Wildman–Crippen MR) is 87.8 cm³/mol. The second-order valence-electron chi connectivity index (χ2n) is 3.98. The van der Waals surface area contributed by atoms with Crippen LogP contribution in [0.25, 0.3) is 0 Å². The van der Waals surface area contributed by atoms with Gasteiger partial charge in [-0.3, -0.25) is 10.1 Å². The van der Waals surface area contributed by atoms with Crippen LogP contribution < -0.4 is 4.18 Å². The van der Waals surface area contributed by atoms with E-state index in [1.165, 1.54) is 6.07 Å². The normalized spacial score (nSPS) is 11.2. The lowest BCUT2D eigenvalue weighted by Gasteiger charge is -2.10. The summed E-state index contributed by atoms with van der Waals surface area (Å²) in [7, 11) is -4.32. The molecule has 22 heavy (non-hydrogen) atoms. The lowest BCUT2D eigenvalue weighted by molar-refractivity contribution is -0.385. The molecule has 0 fully saturated rings. The van der Waals surface area contributed by atoms with Crippen molar-refractivity contribution in [3.05, 3.63) is 60.5 Å². The lowest BCUT2D eigenvalue weighted by Crippen LogP contribution is -2.11. The van der Waals surface area contributed by atoms with Crippen LogP contribution in [0.2, 0.25) is 5.02 Å². The number of nitro groups is 1. The highest BCUT2D eigenvalue weighted by atomic mass is 79.9. The van der Waals surface area contributed by atoms with E-state index in [1.807, 2.05) is 0 Å². The minimum Gasteiger partial charge on any atom is -0.378 e. The van der Waals surface area contributed by atoms with Crippen molar-refractivity contribution < 1.29 is 17.5 Å². The summed E-state index contributed by atoms with van der Waals surface area (Å²) in [6, 6.07) is 7.70. The highest BCUT2D eigenvalue weighted by molar-refractivity contribution is 9.11. The fraction of sp³-hybridized carbons (Fsp3) is 0. The van der Waals surface area contributed by atoms with Gasteiger partial charge in [-0.05, 0) is 40.2 Å². The number of halogens is 3. The number of nitro benzene ring substituents is 1. The van der Waals surface area contributed by atoms with Crippen molar-refractivity contribution in [1.29, 1.82) is 0 Å². The molecule has 0 saturated carbocycles. The molecule has 6 nitrogen and oxygen atoms in total. The predicted octanol–water partition coefficient (Wildman–Crippen LogP) is 4.54. The molecule has 2 aromatic carbocycles. The number of hydrogen-bond acceptors (Lipinski definition) is 5. The monoisotopic (exact) mass is 469 g/mol. The average molecular weight is 472 g/mol. The molecule has 0 aliphatic heterocycles. The van der Waals surface area contributed by atoms with Crippen molar-refractivity contribution in [3.63, 3.8) is 0 Å². The average Bonchev–Trinajstić information content (AvgIpc) is 2.42. The number of rotatable bonds is 4. The van der Waals surface area contributed by atoms with Crippen molar-refractivity contribution in [2.45, 2.75) is 4.90 Å². The highest BCUT2D eigenvalue weighted by Gasteiger charge is 2.24. The summed E-state index contributed by atoms with van der Waals surface area (Å²) in [6.07, 6.45) is 0. The SMILES string of the molecule is O=[N+]([O-])c1ccc(Cl)c(S(=O)(=O)Oc2ccc(Br)cc2Br)c1. The first-order chi connectivity index (χ1) is 10.2. The Hall–Kier alpha value is -1.16. The van der Waals surface area contributed by atoms with Crippen molar-refractivity contribution in [1.82, 2.24) is 0 Å². The van der Waals surface area contributed by atoms with Crippen LogP contribution in [0, 0.1) is 10.1 Å². The molecule has 0 unspecified atom stereocenters. The number of benzene rings is 2. The summed E-state index contributed by atoms with van der Waals surface area (Å²) in [5.41, 5.74) is -0.401. The van der Waals surface area contributed by atoms with Gasteiger partial charge in [0.25, 0.3) is 5.69 Å². The molecule has 0 radical (unpaired) electrons. The van der Waals surface area contributed by atoms with E-state index in [9.17, 15) is 18.5 Å². The first-order valence-corrected chi connectivity index (χ1v) is 8.91. The van der Waals surface area contributed by atoms with Gasteiger partial charge in [0.1, 0.15) is 4.90 Å². The van der Waals surface area contributed by atoms with E-state index in [1.54, 1.807) is 12.1 Å². The van der Waals surface area contributed by atoms with Gasteiger partial charge in [0, 0.05) is 16.6 Å². The smallest absolute Gasteiger partial charge is 0.341 e. The Labute approximate surface area is 147 Å². The summed E-state index contributed by atoms with van der Waals surface area (Å²) in [4.78, 5) is 9.56. The second-order valence-corrected chi connectivity index (χ2v) is 7.68. The molecule has 0 amide bonds. The first-order valence-electron chi connectivity index (χ1n) is 5.54. The molecule has 0 atom stereocenters. The van der Waals surface area contributed by atoms with Crippen LogP contribution in [0.3, 0.4) is 0 Å². The van der Waals surface area contributed by atoms with E-state index >= 15 is 0 Å². The Morgan fingerprint density at radius 1 is 1.14 bits per heavy atom. The largest absolute Gasteiger partial charge is 0.378 e. The molecule has 0 heterocycles. The van der Waals surface area contributed by atoms with E-state index in [2.05, 4.69) is 31.9 Å². The molecule has 0 N–H and O–H groups in total.